The number of hydrogen-bond donors (Lipinski definition) is 1. The fourth-order valence-corrected chi connectivity index (χ4v) is 3.28. The van der Waals surface area contributed by atoms with Crippen molar-refractivity contribution in [2.75, 3.05) is 7.05 Å². The number of rotatable bonds is 5. The maximum atomic E-state index is 4.31. The van der Waals surface area contributed by atoms with Gasteiger partial charge in [-0.25, -0.2) is 0 Å². The minimum absolute atomic E-state index is 0.613. The summed E-state index contributed by atoms with van der Waals surface area (Å²) in [5.41, 5.74) is 0. The SMILES string of the molecule is CCCC1CCC(NC)C(Cc2nnn(C)n2)C1. The van der Waals surface area contributed by atoms with Crippen molar-refractivity contribution in [3.8, 4) is 0 Å². The Kier molecular flexibility index (Phi) is 4.69. The van der Waals surface area contributed by atoms with E-state index in [9.17, 15) is 0 Å². The minimum Gasteiger partial charge on any atom is -0.317 e. The Bertz CT molecular complexity index is 362. The molecular weight excluding hydrogens is 226 g/mol. The minimum atomic E-state index is 0.613. The molecule has 18 heavy (non-hydrogen) atoms. The molecule has 1 aliphatic carbocycles. The molecule has 3 atom stereocenters. The molecule has 0 saturated heterocycles. The van der Waals surface area contributed by atoms with Gasteiger partial charge < -0.3 is 5.32 Å². The first kappa shape index (κ1) is 13.5. The van der Waals surface area contributed by atoms with E-state index in [4.69, 9.17) is 0 Å². The molecule has 1 saturated carbocycles. The van der Waals surface area contributed by atoms with Gasteiger partial charge in [-0.05, 0) is 43.4 Å². The summed E-state index contributed by atoms with van der Waals surface area (Å²) in [5, 5.41) is 15.8. The van der Waals surface area contributed by atoms with Gasteiger partial charge in [-0.15, -0.1) is 10.2 Å². The fourth-order valence-electron chi connectivity index (χ4n) is 3.28. The maximum Gasteiger partial charge on any atom is 0.175 e. The summed E-state index contributed by atoms with van der Waals surface area (Å²) in [6.45, 7) is 2.28. The average Bonchev–Trinajstić information content (AvgIpc) is 2.76. The molecule has 1 fully saturated rings. The lowest BCUT2D eigenvalue weighted by Gasteiger charge is -2.35. The van der Waals surface area contributed by atoms with E-state index in [2.05, 4.69) is 34.7 Å². The van der Waals surface area contributed by atoms with Crippen LogP contribution in [0.4, 0.5) is 0 Å². The van der Waals surface area contributed by atoms with Gasteiger partial charge in [0.25, 0.3) is 0 Å². The van der Waals surface area contributed by atoms with Crippen LogP contribution in [-0.4, -0.2) is 33.3 Å². The highest BCUT2D eigenvalue weighted by Gasteiger charge is 2.30. The monoisotopic (exact) mass is 251 g/mol. The normalized spacial score (nSPS) is 28.5. The molecule has 1 aromatic rings. The van der Waals surface area contributed by atoms with E-state index in [0.717, 1.165) is 18.2 Å². The zero-order valence-electron chi connectivity index (χ0n) is 11.8. The van der Waals surface area contributed by atoms with E-state index in [0.29, 0.717) is 12.0 Å². The Morgan fingerprint density at radius 3 is 2.83 bits per heavy atom. The lowest BCUT2D eigenvalue weighted by atomic mass is 9.75. The van der Waals surface area contributed by atoms with Crippen molar-refractivity contribution in [2.24, 2.45) is 18.9 Å². The molecule has 0 radical (unpaired) electrons. The van der Waals surface area contributed by atoms with Crippen LogP contribution in [0.1, 0.15) is 44.9 Å². The topological polar surface area (TPSA) is 55.6 Å². The summed E-state index contributed by atoms with van der Waals surface area (Å²) in [5.74, 6) is 2.44. The van der Waals surface area contributed by atoms with Crippen molar-refractivity contribution in [1.82, 2.24) is 25.5 Å². The Hall–Kier alpha value is -0.970. The van der Waals surface area contributed by atoms with Crippen LogP contribution in [0.3, 0.4) is 0 Å². The second-order valence-electron chi connectivity index (χ2n) is 5.52. The van der Waals surface area contributed by atoms with Gasteiger partial charge in [0.05, 0.1) is 7.05 Å². The second kappa shape index (κ2) is 6.27. The maximum absolute atomic E-state index is 4.31. The van der Waals surface area contributed by atoms with Crippen molar-refractivity contribution >= 4 is 0 Å². The summed E-state index contributed by atoms with van der Waals surface area (Å²) in [7, 11) is 3.90. The molecule has 5 nitrogen and oxygen atoms in total. The predicted molar refractivity (Wildman–Crippen MR) is 71.1 cm³/mol. The third-order valence-corrected chi connectivity index (χ3v) is 4.15. The van der Waals surface area contributed by atoms with Gasteiger partial charge in [0.1, 0.15) is 0 Å². The molecule has 0 aliphatic heterocycles. The molecule has 1 N–H and O–H groups in total. The van der Waals surface area contributed by atoms with Crippen molar-refractivity contribution in [2.45, 2.75) is 51.5 Å². The number of hydrogen-bond acceptors (Lipinski definition) is 4. The van der Waals surface area contributed by atoms with Crippen molar-refractivity contribution < 1.29 is 0 Å². The van der Waals surface area contributed by atoms with E-state index in [-0.39, 0.29) is 0 Å². The van der Waals surface area contributed by atoms with Crippen LogP contribution in [0.5, 0.6) is 0 Å². The van der Waals surface area contributed by atoms with E-state index in [1.165, 1.54) is 32.1 Å². The van der Waals surface area contributed by atoms with Gasteiger partial charge in [-0.2, -0.15) is 4.80 Å². The summed E-state index contributed by atoms with van der Waals surface area (Å²) in [6, 6.07) is 0.613. The Morgan fingerprint density at radius 2 is 2.22 bits per heavy atom. The van der Waals surface area contributed by atoms with Gasteiger partial charge in [-0.1, -0.05) is 19.8 Å². The number of aryl methyl sites for hydroxylation is 1. The highest BCUT2D eigenvalue weighted by atomic mass is 15.6. The summed E-state index contributed by atoms with van der Waals surface area (Å²) in [6.07, 6.45) is 7.57. The predicted octanol–water partition coefficient (Wildman–Crippen LogP) is 1.56. The molecule has 0 aromatic carbocycles. The average molecular weight is 251 g/mol. The van der Waals surface area contributed by atoms with Crippen LogP contribution in [0.2, 0.25) is 0 Å². The molecule has 2 rings (SSSR count). The number of nitrogens with zero attached hydrogens (tertiary/aromatic N) is 4. The highest BCUT2D eigenvalue weighted by molar-refractivity contribution is 4.90. The molecule has 0 bridgehead atoms. The van der Waals surface area contributed by atoms with Crippen LogP contribution in [-0.2, 0) is 13.5 Å². The first-order valence-electron chi connectivity index (χ1n) is 7.13. The van der Waals surface area contributed by atoms with Crippen molar-refractivity contribution in [1.29, 1.82) is 0 Å². The van der Waals surface area contributed by atoms with Crippen LogP contribution in [0, 0.1) is 11.8 Å². The van der Waals surface area contributed by atoms with Gasteiger partial charge in [-0.3, -0.25) is 0 Å². The molecule has 0 amide bonds. The first-order valence-corrected chi connectivity index (χ1v) is 7.13. The zero-order chi connectivity index (χ0) is 13.0. The quantitative estimate of drug-likeness (QED) is 0.863. The van der Waals surface area contributed by atoms with Crippen LogP contribution < -0.4 is 5.32 Å². The highest BCUT2D eigenvalue weighted by Crippen LogP contribution is 2.33. The molecule has 1 heterocycles. The zero-order valence-corrected chi connectivity index (χ0v) is 11.8. The lowest BCUT2D eigenvalue weighted by molar-refractivity contribution is 0.198. The largest absolute Gasteiger partial charge is 0.317 e. The van der Waals surface area contributed by atoms with E-state index >= 15 is 0 Å². The Balaban J connectivity index is 1.97. The van der Waals surface area contributed by atoms with Gasteiger partial charge in [0.15, 0.2) is 5.82 Å². The third-order valence-electron chi connectivity index (χ3n) is 4.15. The molecule has 1 aliphatic rings. The van der Waals surface area contributed by atoms with E-state index in [1.807, 2.05) is 7.05 Å². The second-order valence-corrected chi connectivity index (χ2v) is 5.52. The van der Waals surface area contributed by atoms with Crippen molar-refractivity contribution in [3.05, 3.63) is 5.82 Å². The van der Waals surface area contributed by atoms with Gasteiger partial charge in [0, 0.05) is 12.5 Å². The fraction of sp³-hybridized carbons (Fsp3) is 0.923. The molecule has 0 spiro atoms. The van der Waals surface area contributed by atoms with E-state index in [1.54, 1.807) is 4.80 Å². The lowest BCUT2D eigenvalue weighted by Crippen LogP contribution is -2.39. The molecule has 3 unspecified atom stereocenters. The summed E-state index contributed by atoms with van der Waals surface area (Å²) < 4.78 is 0. The van der Waals surface area contributed by atoms with Crippen LogP contribution in [0.15, 0.2) is 0 Å². The third kappa shape index (κ3) is 3.28. The van der Waals surface area contributed by atoms with Crippen molar-refractivity contribution in [3.63, 3.8) is 0 Å². The molecule has 1 aromatic heterocycles. The van der Waals surface area contributed by atoms with Crippen LogP contribution >= 0.6 is 0 Å². The molecule has 5 heteroatoms. The van der Waals surface area contributed by atoms with Gasteiger partial charge >= 0.3 is 0 Å². The molecule has 102 valence electrons. The van der Waals surface area contributed by atoms with E-state index < -0.39 is 0 Å². The number of aromatic nitrogens is 4. The number of tetrazole rings is 1. The number of nitrogens with one attached hydrogen (secondary N) is 1. The summed E-state index contributed by atoms with van der Waals surface area (Å²) >= 11 is 0. The molecular formula is C13H25N5. The summed E-state index contributed by atoms with van der Waals surface area (Å²) in [4.78, 5) is 1.55. The Morgan fingerprint density at radius 1 is 1.39 bits per heavy atom. The Labute approximate surface area is 109 Å². The standard InChI is InChI=1S/C13H25N5/c1-4-5-10-6-7-12(14-2)11(8-10)9-13-15-17-18(3)16-13/h10-12,14H,4-9H2,1-3H3. The first-order chi connectivity index (χ1) is 8.72. The van der Waals surface area contributed by atoms with Crippen LogP contribution in [0.25, 0.3) is 0 Å². The van der Waals surface area contributed by atoms with Gasteiger partial charge in [0.2, 0.25) is 0 Å². The smallest absolute Gasteiger partial charge is 0.175 e.